The zero-order valence-corrected chi connectivity index (χ0v) is 10.0. The van der Waals surface area contributed by atoms with Crippen LogP contribution in [0.4, 0.5) is 4.39 Å². The zero-order chi connectivity index (χ0) is 12.1. The van der Waals surface area contributed by atoms with Crippen molar-refractivity contribution in [3.8, 4) is 11.8 Å². The average molecular weight is 242 g/mol. The lowest BCUT2D eigenvalue weighted by molar-refractivity contribution is 0.624. The quantitative estimate of drug-likeness (QED) is 0.572. The Labute approximate surface area is 106 Å². The van der Waals surface area contributed by atoms with Crippen LogP contribution in [0.1, 0.15) is 16.7 Å². The molecule has 0 unspecified atom stereocenters. The molecule has 0 bridgehead atoms. The summed E-state index contributed by atoms with van der Waals surface area (Å²) in [6.07, 6.45) is 0. The molecule has 2 aromatic rings. The first-order valence-corrected chi connectivity index (χ1v) is 5.90. The molecule has 84 valence electrons. The van der Waals surface area contributed by atoms with Crippen LogP contribution in [0, 0.1) is 17.7 Å². The lowest BCUT2D eigenvalue weighted by Crippen LogP contribution is -1.86. The summed E-state index contributed by atoms with van der Waals surface area (Å²) in [6.45, 7) is 0. The summed E-state index contributed by atoms with van der Waals surface area (Å²) in [7, 11) is 0. The largest absolute Gasteiger partial charge is 0.206 e. The molecule has 0 radical (unpaired) electrons. The Kier molecular flexibility index (Phi) is 3.85. The molecule has 0 saturated carbocycles. The smallest absolute Gasteiger partial charge is 0.138 e. The fourth-order valence-electron chi connectivity index (χ4n) is 1.48. The van der Waals surface area contributed by atoms with Crippen LogP contribution >= 0.6 is 12.6 Å². The van der Waals surface area contributed by atoms with E-state index in [2.05, 4.69) is 24.5 Å². The third-order valence-corrected chi connectivity index (χ3v) is 2.73. The molecule has 0 atom stereocenters. The van der Waals surface area contributed by atoms with Gasteiger partial charge in [-0.1, -0.05) is 42.2 Å². The Morgan fingerprint density at radius 3 is 2.18 bits per heavy atom. The number of hydrogen-bond acceptors (Lipinski definition) is 1. The van der Waals surface area contributed by atoms with Crippen LogP contribution in [0.15, 0.2) is 48.5 Å². The van der Waals surface area contributed by atoms with Gasteiger partial charge >= 0.3 is 0 Å². The van der Waals surface area contributed by atoms with Crippen molar-refractivity contribution >= 4 is 12.6 Å². The van der Waals surface area contributed by atoms with Crippen molar-refractivity contribution in [3.63, 3.8) is 0 Å². The van der Waals surface area contributed by atoms with Crippen LogP contribution in [-0.4, -0.2) is 0 Å². The standard InChI is InChI=1S/C15H11FS/c16-15-8-4-3-6-13(15)10-9-12-5-1-2-7-14(12)11-17/h1-8,17H,11H2. The molecule has 0 aliphatic heterocycles. The molecule has 0 nitrogen and oxygen atoms in total. The van der Waals surface area contributed by atoms with Crippen molar-refractivity contribution in [2.75, 3.05) is 0 Å². The maximum Gasteiger partial charge on any atom is 0.138 e. The number of rotatable bonds is 1. The molecule has 0 N–H and O–H groups in total. The van der Waals surface area contributed by atoms with E-state index in [1.807, 2.05) is 24.3 Å². The van der Waals surface area contributed by atoms with Gasteiger partial charge in [0.25, 0.3) is 0 Å². The van der Waals surface area contributed by atoms with Crippen LogP contribution in [0.5, 0.6) is 0 Å². The van der Waals surface area contributed by atoms with E-state index in [4.69, 9.17) is 0 Å². The Morgan fingerprint density at radius 1 is 0.882 bits per heavy atom. The van der Waals surface area contributed by atoms with Crippen molar-refractivity contribution in [3.05, 3.63) is 71.0 Å². The normalized spacial score (nSPS) is 9.53. The molecule has 2 aromatic carbocycles. The van der Waals surface area contributed by atoms with E-state index in [-0.39, 0.29) is 5.82 Å². The van der Waals surface area contributed by atoms with Gasteiger partial charge in [0.1, 0.15) is 5.82 Å². The summed E-state index contributed by atoms with van der Waals surface area (Å²) in [5.74, 6) is 6.17. The van der Waals surface area contributed by atoms with Gasteiger partial charge < -0.3 is 0 Å². The summed E-state index contributed by atoms with van der Waals surface area (Å²) in [5, 5.41) is 0. The van der Waals surface area contributed by atoms with Crippen molar-refractivity contribution in [2.24, 2.45) is 0 Å². The SMILES string of the molecule is Fc1ccccc1C#Cc1ccccc1CS. The van der Waals surface area contributed by atoms with Crippen LogP contribution in [-0.2, 0) is 5.75 Å². The van der Waals surface area contributed by atoms with E-state index in [0.29, 0.717) is 11.3 Å². The molecular formula is C15H11FS. The van der Waals surface area contributed by atoms with E-state index in [1.165, 1.54) is 6.07 Å². The molecule has 0 aliphatic rings. The lowest BCUT2D eigenvalue weighted by Gasteiger charge is -1.98. The first-order valence-electron chi connectivity index (χ1n) is 5.26. The molecular weight excluding hydrogens is 231 g/mol. The maximum absolute atomic E-state index is 13.4. The number of benzene rings is 2. The van der Waals surface area contributed by atoms with Gasteiger partial charge in [0.05, 0.1) is 5.56 Å². The minimum atomic E-state index is -0.289. The van der Waals surface area contributed by atoms with Crippen LogP contribution in [0.25, 0.3) is 0 Å². The highest BCUT2D eigenvalue weighted by Gasteiger charge is 1.97. The van der Waals surface area contributed by atoms with Crippen molar-refractivity contribution in [2.45, 2.75) is 5.75 Å². The van der Waals surface area contributed by atoms with E-state index < -0.39 is 0 Å². The van der Waals surface area contributed by atoms with Crippen LogP contribution in [0.3, 0.4) is 0 Å². The lowest BCUT2D eigenvalue weighted by atomic mass is 10.1. The molecule has 2 rings (SSSR count). The minimum Gasteiger partial charge on any atom is -0.206 e. The highest BCUT2D eigenvalue weighted by Crippen LogP contribution is 2.10. The Balaban J connectivity index is 2.37. The van der Waals surface area contributed by atoms with Gasteiger partial charge in [-0.15, -0.1) is 0 Å². The van der Waals surface area contributed by atoms with Gasteiger partial charge in [-0.2, -0.15) is 12.6 Å². The summed E-state index contributed by atoms with van der Waals surface area (Å²) in [5.41, 5.74) is 2.37. The second kappa shape index (κ2) is 5.56. The minimum absolute atomic E-state index is 0.289. The predicted octanol–water partition coefficient (Wildman–Crippen LogP) is 3.66. The Morgan fingerprint density at radius 2 is 1.47 bits per heavy atom. The Hall–Kier alpha value is -1.72. The van der Waals surface area contributed by atoms with Crippen molar-refractivity contribution < 1.29 is 4.39 Å². The topological polar surface area (TPSA) is 0 Å². The van der Waals surface area contributed by atoms with E-state index in [9.17, 15) is 4.39 Å². The molecule has 0 fully saturated rings. The molecule has 0 amide bonds. The van der Waals surface area contributed by atoms with E-state index in [1.54, 1.807) is 18.2 Å². The molecule has 0 aliphatic carbocycles. The number of hydrogen-bond donors (Lipinski definition) is 1. The number of thiol groups is 1. The molecule has 2 heteroatoms. The van der Waals surface area contributed by atoms with E-state index in [0.717, 1.165) is 11.1 Å². The fraction of sp³-hybridized carbons (Fsp3) is 0.0667. The third-order valence-electron chi connectivity index (χ3n) is 2.39. The molecule has 0 spiro atoms. The summed E-state index contributed by atoms with van der Waals surface area (Å²) < 4.78 is 13.4. The van der Waals surface area contributed by atoms with Gasteiger partial charge in [-0.25, -0.2) is 4.39 Å². The third kappa shape index (κ3) is 2.89. The predicted molar refractivity (Wildman–Crippen MR) is 71.5 cm³/mol. The zero-order valence-electron chi connectivity index (χ0n) is 9.15. The average Bonchev–Trinajstić information content (AvgIpc) is 2.38. The molecule has 0 saturated heterocycles. The maximum atomic E-state index is 13.4. The van der Waals surface area contributed by atoms with Gasteiger partial charge in [0.2, 0.25) is 0 Å². The van der Waals surface area contributed by atoms with Gasteiger partial charge in [-0.3, -0.25) is 0 Å². The Bertz CT molecular complexity index is 579. The molecule has 17 heavy (non-hydrogen) atoms. The first kappa shape index (κ1) is 11.8. The van der Waals surface area contributed by atoms with Crippen molar-refractivity contribution in [1.82, 2.24) is 0 Å². The first-order chi connectivity index (χ1) is 8.31. The van der Waals surface area contributed by atoms with E-state index >= 15 is 0 Å². The second-order valence-electron chi connectivity index (χ2n) is 3.55. The van der Waals surface area contributed by atoms with Crippen molar-refractivity contribution in [1.29, 1.82) is 0 Å². The van der Waals surface area contributed by atoms with Gasteiger partial charge in [-0.05, 0) is 23.8 Å². The summed E-state index contributed by atoms with van der Waals surface area (Å²) >= 11 is 4.24. The summed E-state index contributed by atoms with van der Waals surface area (Å²) in [4.78, 5) is 0. The van der Waals surface area contributed by atoms with Gasteiger partial charge in [0, 0.05) is 11.3 Å². The summed E-state index contributed by atoms with van der Waals surface area (Å²) in [6, 6.07) is 14.3. The van der Waals surface area contributed by atoms with Crippen LogP contribution in [0.2, 0.25) is 0 Å². The monoisotopic (exact) mass is 242 g/mol. The van der Waals surface area contributed by atoms with Gasteiger partial charge in [0.15, 0.2) is 0 Å². The fourth-order valence-corrected chi connectivity index (χ4v) is 1.75. The second-order valence-corrected chi connectivity index (χ2v) is 3.86. The highest BCUT2D eigenvalue weighted by molar-refractivity contribution is 7.79. The molecule has 0 heterocycles. The van der Waals surface area contributed by atoms with Crippen LogP contribution < -0.4 is 0 Å². The highest BCUT2D eigenvalue weighted by atomic mass is 32.1. The molecule has 0 aromatic heterocycles. The number of halogens is 1.